The molecule has 0 unspecified atom stereocenters. The van der Waals surface area contributed by atoms with E-state index in [2.05, 4.69) is 28.2 Å². The molecule has 0 atom stereocenters. The smallest absolute Gasteiger partial charge is 0.0645 e. The Morgan fingerprint density at radius 3 is 2.67 bits per heavy atom. The van der Waals surface area contributed by atoms with Gasteiger partial charge < -0.3 is 4.98 Å². The molecule has 0 spiro atoms. The summed E-state index contributed by atoms with van der Waals surface area (Å²) in [6.45, 7) is 0. The predicted molar refractivity (Wildman–Crippen MR) is 61.5 cm³/mol. The SMILES string of the molecule is c1ccc(-c2cc3ccncc3[nH]2)cc1. The quantitative estimate of drug-likeness (QED) is 0.633. The number of rotatable bonds is 1. The molecule has 0 aliphatic rings. The molecule has 0 amide bonds. The summed E-state index contributed by atoms with van der Waals surface area (Å²) in [5.74, 6) is 0. The first-order valence-corrected chi connectivity index (χ1v) is 4.92. The van der Waals surface area contributed by atoms with E-state index in [4.69, 9.17) is 0 Å². The van der Waals surface area contributed by atoms with Crippen molar-refractivity contribution >= 4 is 10.9 Å². The maximum atomic E-state index is 4.09. The lowest BCUT2D eigenvalue weighted by molar-refractivity contribution is 1.34. The number of aromatic amines is 1. The van der Waals surface area contributed by atoms with Crippen LogP contribution in [0.4, 0.5) is 0 Å². The van der Waals surface area contributed by atoms with E-state index in [1.54, 1.807) is 0 Å². The van der Waals surface area contributed by atoms with Crippen LogP contribution < -0.4 is 0 Å². The van der Waals surface area contributed by atoms with Crippen LogP contribution in [-0.4, -0.2) is 9.97 Å². The number of hydrogen-bond acceptors (Lipinski definition) is 1. The summed E-state index contributed by atoms with van der Waals surface area (Å²) in [4.78, 5) is 7.44. The van der Waals surface area contributed by atoms with Crippen molar-refractivity contribution < 1.29 is 0 Å². The molecule has 0 aliphatic heterocycles. The Morgan fingerprint density at radius 2 is 1.87 bits per heavy atom. The van der Waals surface area contributed by atoms with Gasteiger partial charge in [0.15, 0.2) is 0 Å². The van der Waals surface area contributed by atoms with Crippen LogP contribution in [0.3, 0.4) is 0 Å². The molecule has 0 saturated carbocycles. The molecular weight excluding hydrogens is 184 g/mol. The van der Waals surface area contributed by atoms with Gasteiger partial charge in [0.1, 0.15) is 0 Å². The molecule has 0 bridgehead atoms. The van der Waals surface area contributed by atoms with Gasteiger partial charge in [-0.15, -0.1) is 0 Å². The standard InChI is InChI=1S/C13H10N2/c1-2-4-10(5-3-1)12-8-11-6-7-14-9-13(11)15-12/h1-9,15H. The minimum atomic E-state index is 1.08. The Morgan fingerprint density at radius 1 is 1.00 bits per heavy atom. The fourth-order valence-corrected chi connectivity index (χ4v) is 1.75. The minimum absolute atomic E-state index is 1.08. The summed E-state index contributed by atoms with van der Waals surface area (Å²) in [5, 5.41) is 1.20. The Labute approximate surface area is 87.6 Å². The van der Waals surface area contributed by atoms with Crippen molar-refractivity contribution in [1.29, 1.82) is 0 Å². The fraction of sp³-hybridized carbons (Fsp3) is 0. The second kappa shape index (κ2) is 3.24. The molecular formula is C13H10N2. The molecule has 2 heteroatoms. The lowest BCUT2D eigenvalue weighted by Gasteiger charge is -1.94. The van der Waals surface area contributed by atoms with Crippen LogP contribution in [0.25, 0.3) is 22.2 Å². The Balaban J connectivity index is 2.21. The number of H-pyrrole nitrogens is 1. The Hall–Kier alpha value is -2.09. The van der Waals surface area contributed by atoms with E-state index in [9.17, 15) is 0 Å². The van der Waals surface area contributed by atoms with E-state index in [-0.39, 0.29) is 0 Å². The van der Waals surface area contributed by atoms with Gasteiger partial charge in [-0.25, -0.2) is 0 Å². The second-order valence-electron chi connectivity index (χ2n) is 3.51. The first kappa shape index (κ1) is 8.24. The average Bonchev–Trinajstić information content (AvgIpc) is 2.74. The molecule has 0 radical (unpaired) electrons. The molecule has 2 nitrogen and oxygen atoms in total. The number of nitrogens with zero attached hydrogens (tertiary/aromatic N) is 1. The van der Waals surface area contributed by atoms with Gasteiger partial charge in [-0.1, -0.05) is 30.3 Å². The lowest BCUT2D eigenvalue weighted by atomic mass is 10.1. The number of hydrogen-bond donors (Lipinski definition) is 1. The van der Waals surface area contributed by atoms with Crippen LogP contribution in [0, 0.1) is 0 Å². The third kappa shape index (κ3) is 1.40. The first-order chi connectivity index (χ1) is 7.43. The van der Waals surface area contributed by atoms with Crippen molar-refractivity contribution in [2.75, 3.05) is 0 Å². The van der Waals surface area contributed by atoms with Gasteiger partial charge in [0.25, 0.3) is 0 Å². The molecule has 1 aromatic carbocycles. The van der Waals surface area contributed by atoms with E-state index in [0.29, 0.717) is 0 Å². The van der Waals surface area contributed by atoms with Gasteiger partial charge in [0, 0.05) is 17.3 Å². The number of aromatic nitrogens is 2. The normalized spacial score (nSPS) is 10.7. The van der Waals surface area contributed by atoms with Crippen LogP contribution in [0.15, 0.2) is 54.9 Å². The van der Waals surface area contributed by atoms with Gasteiger partial charge in [-0.05, 0) is 17.7 Å². The Bertz CT molecular complexity index is 549. The van der Waals surface area contributed by atoms with Gasteiger partial charge in [-0.3, -0.25) is 4.98 Å². The van der Waals surface area contributed by atoms with Gasteiger partial charge in [-0.2, -0.15) is 0 Å². The zero-order valence-electron chi connectivity index (χ0n) is 8.14. The zero-order valence-corrected chi connectivity index (χ0v) is 8.14. The average molecular weight is 194 g/mol. The maximum absolute atomic E-state index is 4.09. The summed E-state index contributed by atoms with van der Waals surface area (Å²) < 4.78 is 0. The minimum Gasteiger partial charge on any atom is -0.353 e. The molecule has 15 heavy (non-hydrogen) atoms. The van der Waals surface area contributed by atoms with Crippen molar-refractivity contribution in [3.05, 3.63) is 54.9 Å². The van der Waals surface area contributed by atoms with E-state index in [0.717, 1.165) is 11.2 Å². The van der Waals surface area contributed by atoms with Gasteiger partial charge in [0.05, 0.1) is 11.7 Å². The van der Waals surface area contributed by atoms with Crippen LogP contribution in [0.5, 0.6) is 0 Å². The van der Waals surface area contributed by atoms with Crippen molar-refractivity contribution in [1.82, 2.24) is 9.97 Å². The molecule has 3 aromatic rings. The molecule has 72 valence electrons. The van der Waals surface area contributed by atoms with E-state index < -0.39 is 0 Å². The molecule has 0 aliphatic carbocycles. The molecule has 3 rings (SSSR count). The van der Waals surface area contributed by atoms with Crippen LogP contribution in [-0.2, 0) is 0 Å². The van der Waals surface area contributed by atoms with Crippen LogP contribution in [0.1, 0.15) is 0 Å². The van der Waals surface area contributed by atoms with Crippen molar-refractivity contribution in [2.45, 2.75) is 0 Å². The number of nitrogens with one attached hydrogen (secondary N) is 1. The monoisotopic (exact) mass is 194 g/mol. The summed E-state index contributed by atoms with van der Waals surface area (Å²) in [5.41, 5.74) is 3.42. The highest BCUT2D eigenvalue weighted by atomic mass is 14.7. The first-order valence-electron chi connectivity index (χ1n) is 4.92. The molecule has 2 aromatic heterocycles. The summed E-state index contributed by atoms with van der Waals surface area (Å²) in [6.07, 6.45) is 3.66. The van der Waals surface area contributed by atoms with Gasteiger partial charge >= 0.3 is 0 Å². The van der Waals surface area contributed by atoms with E-state index in [1.165, 1.54) is 10.9 Å². The second-order valence-corrected chi connectivity index (χ2v) is 3.51. The highest BCUT2D eigenvalue weighted by Crippen LogP contribution is 2.22. The van der Waals surface area contributed by atoms with Gasteiger partial charge in [0.2, 0.25) is 0 Å². The Kier molecular flexibility index (Phi) is 1.78. The third-order valence-corrected chi connectivity index (χ3v) is 2.51. The fourth-order valence-electron chi connectivity index (χ4n) is 1.75. The van der Waals surface area contributed by atoms with Crippen molar-refractivity contribution in [3.63, 3.8) is 0 Å². The largest absolute Gasteiger partial charge is 0.353 e. The maximum Gasteiger partial charge on any atom is 0.0645 e. The summed E-state index contributed by atoms with van der Waals surface area (Å²) in [6, 6.07) is 14.5. The number of benzene rings is 1. The summed E-state index contributed by atoms with van der Waals surface area (Å²) >= 11 is 0. The highest BCUT2D eigenvalue weighted by Gasteiger charge is 2.01. The van der Waals surface area contributed by atoms with E-state index >= 15 is 0 Å². The van der Waals surface area contributed by atoms with Crippen molar-refractivity contribution in [2.24, 2.45) is 0 Å². The number of pyridine rings is 1. The highest BCUT2D eigenvalue weighted by molar-refractivity contribution is 5.84. The summed E-state index contributed by atoms with van der Waals surface area (Å²) in [7, 11) is 0. The number of fused-ring (bicyclic) bond motifs is 1. The molecule has 2 heterocycles. The lowest BCUT2D eigenvalue weighted by Crippen LogP contribution is -1.74. The van der Waals surface area contributed by atoms with Crippen LogP contribution in [0.2, 0.25) is 0 Å². The predicted octanol–water partition coefficient (Wildman–Crippen LogP) is 3.23. The third-order valence-electron chi connectivity index (χ3n) is 2.51. The van der Waals surface area contributed by atoms with E-state index in [1.807, 2.05) is 36.7 Å². The topological polar surface area (TPSA) is 28.7 Å². The molecule has 1 N–H and O–H groups in total. The van der Waals surface area contributed by atoms with Crippen LogP contribution >= 0.6 is 0 Å². The molecule has 0 saturated heterocycles. The molecule has 0 fully saturated rings. The zero-order chi connectivity index (χ0) is 10.1. The van der Waals surface area contributed by atoms with Crippen molar-refractivity contribution in [3.8, 4) is 11.3 Å².